The molecule has 0 aliphatic rings. The smallest absolute Gasteiger partial charge is 0.150 e. The Labute approximate surface area is 139 Å². The van der Waals surface area contributed by atoms with Crippen molar-refractivity contribution >= 4 is 16.7 Å². The number of hydrogen-bond acceptors (Lipinski definition) is 1. The zero-order valence-electron chi connectivity index (χ0n) is 13.2. The van der Waals surface area contributed by atoms with Gasteiger partial charge in [-0.3, -0.25) is 0 Å². The number of benzene rings is 3. The predicted molar refractivity (Wildman–Crippen MR) is 97.8 cm³/mol. The first kappa shape index (κ1) is 15.5. The monoisotopic (exact) mass is 321 g/mol. The zero-order chi connectivity index (χ0) is 16.2. The first-order valence-electron chi connectivity index (χ1n) is 7.55. The van der Waals surface area contributed by atoms with Crippen molar-refractivity contribution in [2.24, 2.45) is 0 Å². The highest BCUT2D eigenvalue weighted by Crippen LogP contribution is 2.31. The second kappa shape index (κ2) is 6.80. The number of aryl methyl sites for hydroxylation is 2. The standard InChI is InChI=1S/C20H19NOS/c1-15-11-13-17(14-12-15)23(22)21-20-10-6-5-9-19(20)18-8-4-3-7-16(18)2/h3-14,21H,1-2H3. The highest BCUT2D eigenvalue weighted by molar-refractivity contribution is 7.86. The van der Waals surface area contributed by atoms with E-state index < -0.39 is 11.0 Å². The van der Waals surface area contributed by atoms with Gasteiger partial charge in [0.05, 0.1) is 10.6 Å². The maximum Gasteiger partial charge on any atom is 0.150 e. The van der Waals surface area contributed by atoms with Crippen LogP contribution in [-0.2, 0) is 11.0 Å². The van der Waals surface area contributed by atoms with Gasteiger partial charge in [-0.1, -0.05) is 60.2 Å². The van der Waals surface area contributed by atoms with Gasteiger partial charge in [-0.15, -0.1) is 0 Å². The summed E-state index contributed by atoms with van der Waals surface area (Å²) in [4.78, 5) is 0.773. The van der Waals surface area contributed by atoms with Gasteiger partial charge in [-0.05, 0) is 43.2 Å². The Morgan fingerprint density at radius 3 is 2.04 bits per heavy atom. The summed E-state index contributed by atoms with van der Waals surface area (Å²) in [5.74, 6) is 0. The molecule has 0 aliphatic heterocycles. The Balaban J connectivity index is 1.94. The molecule has 0 radical (unpaired) electrons. The molecule has 1 N–H and O–H groups in total. The third-order valence-corrected chi connectivity index (χ3v) is 4.91. The summed E-state index contributed by atoms with van der Waals surface area (Å²) < 4.78 is 15.7. The second-order valence-electron chi connectivity index (χ2n) is 5.54. The zero-order valence-corrected chi connectivity index (χ0v) is 14.1. The van der Waals surface area contributed by atoms with Gasteiger partial charge < -0.3 is 4.72 Å². The fraction of sp³-hybridized carbons (Fsp3) is 0.100. The molecule has 23 heavy (non-hydrogen) atoms. The summed E-state index contributed by atoms with van der Waals surface area (Å²) in [6.45, 7) is 4.11. The molecule has 1 unspecified atom stereocenters. The lowest BCUT2D eigenvalue weighted by molar-refractivity contribution is 0.686. The Morgan fingerprint density at radius 1 is 0.739 bits per heavy atom. The van der Waals surface area contributed by atoms with Crippen LogP contribution in [0.1, 0.15) is 11.1 Å². The lowest BCUT2D eigenvalue weighted by atomic mass is 9.99. The van der Waals surface area contributed by atoms with Gasteiger partial charge in [-0.25, -0.2) is 4.21 Å². The molecule has 3 rings (SSSR count). The lowest BCUT2D eigenvalue weighted by Gasteiger charge is -2.13. The molecule has 3 aromatic carbocycles. The quantitative estimate of drug-likeness (QED) is 0.711. The van der Waals surface area contributed by atoms with E-state index in [2.05, 4.69) is 29.8 Å². The molecule has 0 spiro atoms. The average Bonchev–Trinajstić information content (AvgIpc) is 2.56. The van der Waals surface area contributed by atoms with Crippen molar-refractivity contribution in [3.05, 3.63) is 83.9 Å². The summed E-state index contributed by atoms with van der Waals surface area (Å²) in [6.07, 6.45) is 0. The van der Waals surface area contributed by atoms with Crippen molar-refractivity contribution in [3.8, 4) is 11.1 Å². The molecule has 3 aromatic rings. The normalized spacial score (nSPS) is 11.9. The van der Waals surface area contributed by atoms with Gasteiger partial charge in [-0.2, -0.15) is 0 Å². The molecule has 0 saturated heterocycles. The van der Waals surface area contributed by atoms with Crippen LogP contribution in [0.3, 0.4) is 0 Å². The molecule has 0 aromatic heterocycles. The molecule has 2 nitrogen and oxygen atoms in total. The topological polar surface area (TPSA) is 29.1 Å². The maximum absolute atomic E-state index is 12.6. The van der Waals surface area contributed by atoms with Gasteiger partial charge >= 0.3 is 0 Å². The van der Waals surface area contributed by atoms with E-state index >= 15 is 0 Å². The van der Waals surface area contributed by atoms with Crippen LogP contribution in [0.15, 0.2) is 77.7 Å². The summed E-state index contributed by atoms with van der Waals surface area (Å²) in [5.41, 5.74) is 5.44. The van der Waals surface area contributed by atoms with Crippen molar-refractivity contribution in [2.75, 3.05) is 4.72 Å². The third kappa shape index (κ3) is 3.51. The minimum atomic E-state index is -1.28. The third-order valence-electron chi connectivity index (χ3n) is 3.80. The minimum absolute atomic E-state index is 0.773. The Hall–Kier alpha value is -2.39. The van der Waals surface area contributed by atoms with E-state index in [1.165, 1.54) is 5.56 Å². The molecule has 0 amide bonds. The van der Waals surface area contributed by atoms with E-state index in [9.17, 15) is 4.21 Å². The van der Waals surface area contributed by atoms with Gasteiger partial charge in [0, 0.05) is 5.56 Å². The van der Waals surface area contributed by atoms with E-state index in [0.29, 0.717) is 0 Å². The Kier molecular flexibility index (Phi) is 4.58. The summed E-state index contributed by atoms with van der Waals surface area (Å²) in [5, 5.41) is 0. The highest BCUT2D eigenvalue weighted by atomic mass is 32.2. The van der Waals surface area contributed by atoms with Crippen LogP contribution < -0.4 is 4.72 Å². The first-order chi connectivity index (χ1) is 11.1. The fourth-order valence-electron chi connectivity index (χ4n) is 2.50. The fourth-order valence-corrected chi connectivity index (χ4v) is 3.38. The van der Waals surface area contributed by atoms with Crippen LogP contribution in [0.4, 0.5) is 5.69 Å². The van der Waals surface area contributed by atoms with Crippen LogP contribution in [-0.4, -0.2) is 4.21 Å². The molecular formula is C20H19NOS. The molecule has 0 bridgehead atoms. The average molecular weight is 321 g/mol. The minimum Gasteiger partial charge on any atom is -0.301 e. The molecule has 0 fully saturated rings. The maximum atomic E-state index is 12.6. The first-order valence-corrected chi connectivity index (χ1v) is 8.70. The second-order valence-corrected chi connectivity index (χ2v) is 6.76. The van der Waals surface area contributed by atoms with E-state index in [4.69, 9.17) is 0 Å². The van der Waals surface area contributed by atoms with Crippen molar-refractivity contribution in [2.45, 2.75) is 18.7 Å². The van der Waals surface area contributed by atoms with E-state index in [0.717, 1.165) is 27.3 Å². The lowest BCUT2D eigenvalue weighted by Crippen LogP contribution is -2.06. The molecule has 0 saturated carbocycles. The van der Waals surface area contributed by atoms with E-state index in [1.54, 1.807) is 0 Å². The van der Waals surface area contributed by atoms with Gasteiger partial charge in [0.1, 0.15) is 11.0 Å². The molecule has 0 heterocycles. The van der Waals surface area contributed by atoms with Gasteiger partial charge in [0.25, 0.3) is 0 Å². The van der Waals surface area contributed by atoms with Crippen molar-refractivity contribution in [1.29, 1.82) is 0 Å². The van der Waals surface area contributed by atoms with Crippen molar-refractivity contribution in [3.63, 3.8) is 0 Å². The molecule has 116 valence electrons. The van der Waals surface area contributed by atoms with Crippen LogP contribution in [0.2, 0.25) is 0 Å². The molecule has 1 atom stereocenters. The van der Waals surface area contributed by atoms with Crippen LogP contribution >= 0.6 is 0 Å². The molecular weight excluding hydrogens is 302 g/mol. The Morgan fingerprint density at radius 2 is 1.35 bits per heavy atom. The summed E-state index contributed by atoms with van der Waals surface area (Å²) in [6, 6.07) is 23.9. The number of rotatable bonds is 4. The summed E-state index contributed by atoms with van der Waals surface area (Å²) in [7, 11) is -1.28. The molecule has 3 heteroatoms. The van der Waals surface area contributed by atoms with E-state index in [-0.39, 0.29) is 0 Å². The number of nitrogens with one attached hydrogen (secondary N) is 1. The van der Waals surface area contributed by atoms with Crippen LogP contribution in [0.5, 0.6) is 0 Å². The van der Waals surface area contributed by atoms with Crippen LogP contribution in [0, 0.1) is 13.8 Å². The van der Waals surface area contributed by atoms with Crippen molar-refractivity contribution in [1.82, 2.24) is 0 Å². The predicted octanol–water partition coefficient (Wildman–Crippen LogP) is 5.11. The Bertz CT molecular complexity index is 840. The largest absolute Gasteiger partial charge is 0.301 e. The van der Waals surface area contributed by atoms with Crippen molar-refractivity contribution < 1.29 is 4.21 Å². The van der Waals surface area contributed by atoms with Crippen LogP contribution in [0.25, 0.3) is 11.1 Å². The molecule has 0 aliphatic carbocycles. The SMILES string of the molecule is Cc1ccc(S(=O)Nc2ccccc2-c2ccccc2C)cc1. The number of hydrogen-bond donors (Lipinski definition) is 1. The summed E-state index contributed by atoms with van der Waals surface area (Å²) >= 11 is 0. The highest BCUT2D eigenvalue weighted by Gasteiger charge is 2.10. The van der Waals surface area contributed by atoms with E-state index in [1.807, 2.05) is 61.5 Å². The van der Waals surface area contributed by atoms with Gasteiger partial charge in [0.2, 0.25) is 0 Å². The number of para-hydroxylation sites is 1. The van der Waals surface area contributed by atoms with Gasteiger partial charge in [0.15, 0.2) is 0 Å². The number of anilines is 1.